The molecule has 12 nitrogen and oxygen atoms in total. The zero-order chi connectivity index (χ0) is 24.7. The molecule has 0 bridgehead atoms. The van der Waals surface area contributed by atoms with Crippen LogP contribution in [0.2, 0.25) is 0 Å². The Morgan fingerprint density at radius 1 is 1.40 bits per heavy atom. The van der Waals surface area contributed by atoms with E-state index in [0.717, 1.165) is 37.2 Å². The molecular weight excluding hydrogens is 514 g/mol. The lowest BCUT2D eigenvalue weighted by atomic mass is 10.0. The fourth-order valence-corrected chi connectivity index (χ4v) is 7.27. The van der Waals surface area contributed by atoms with Crippen LogP contribution in [-0.2, 0) is 38.6 Å². The van der Waals surface area contributed by atoms with Crippen LogP contribution >= 0.6 is 34.6 Å². The summed E-state index contributed by atoms with van der Waals surface area (Å²) in [5.74, 6) is -2.30. The van der Waals surface area contributed by atoms with Gasteiger partial charge >= 0.3 is 0 Å². The number of nitrogens with two attached hydrogens (primary N) is 1. The number of amides is 2. The summed E-state index contributed by atoms with van der Waals surface area (Å²) in [4.78, 5) is 49.1. The van der Waals surface area contributed by atoms with Gasteiger partial charge in [-0.15, -0.1) is 11.8 Å². The van der Waals surface area contributed by atoms with Gasteiger partial charge in [-0.05, 0) is 19.3 Å². The second kappa shape index (κ2) is 9.54. The number of aromatic nitrogens is 3. The number of carbonyl (C=O) groups excluding carboxylic acids is 3. The molecule has 4 heterocycles. The molecule has 2 aliphatic heterocycles. The van der Waals surface area contributed by atoms with Gasteiger partial charge in [-0.1, -0.05) is 16.5 Å². The van der Waals surface area contributed by atoms with Crippen molar-refractivity contribution < 1.29 is 28.9 Å². The van der Waals surface area contributed by atoms with Crippen LogP contribution in [0.5, 0.6) is 0 Å². The average Bonchev–Trinajstić information content (AvgIpc) is 3.46. The number of carboxylic acids is 1. The highest BCUT2D eigenvalue weighted by molar-refractivity contribution is 8.00. The number of carboxylic acid groups (broad SMARTS) is 1. The monoisotopic (exact) mass is 535 g/mol. The number of aliphatic carboxylic acids is 1. The Labute approximate surface area is 212 Å². The largest absolute Gasteiger partial charge is 0.543 e. The van der Waals surface area contributed by atoms with Gasteiger partial charge in [0.15, 0.2) is 17.4 Å². The fourth-order valence-electron chi connectivity index (χ4n) is 4.43. The van der Waals surface area contributed by atoms with E-state index in [2.05, 4.69) is 24.4 Å². The molecule has 3 aliphatic rings. The van der Waals surface area contributed by atoms with Crippen molar-refractivity contribution in [3.05, 3.63) is 33.2 Å². The number of anilines is 1. The van der Waals surface area contributed by atoms with Crippen LogP contribution in [0.25, 0.3) is 0 Å². The zero-order valence-corrected chi connectivity index (χ0v) is 21.0. The summed E-state index contributed by atoms with van der Waals surface area (Å²) in [7, 11) is 1.26. The fraction of sp³-hybridized carbons (Fsp3) is 0.450. The molecule has 35 heavy (non-hydrogen) atoms. The molecule has 184 valence electrons. The molecule has 0 aromatic carbocycles. The van der Waals surface area contributed by atoms with Crippen LogP contribution in [0.3, 0.4) is 0 Å². The molecule has 1 saturated heterocycles. The quantitative estimate of drug-likeness (QED) is 0.192. The minimum Gasteiger partial charge on any atom is -0.543 e. The van der Waals surface area contributed by atoms with Crippen molar-refractivity contribution in [1.82, 2.24) is 19.6 Å². The Morgan fingerprint density at radius 2 is 2.20 bits per heavy atom. The maximum Gasteiger partial charge on any atom is 0.278 e. The van der Waals surface area contributed by atoms with E-state index in [4.69, 9.17) is 10.6 Å². The standard InChI is InChI=1S/C20H21N7O5S3/c1-32-24-12(15-23-20(21)35-25-15)16(28)22-13-17(29)27-14(19(30)31)9(7-33-18(13)27)6-26-8-34-11-5-3-2-4-10(11)26/h8,13,18H,2-7H2,1H3,(H3-,21,22,23,25,28,30,31)/b24-12-/t13-,18-/m1/s1. The van der Waals surface area contributed by atoms with E-state index in [1.165, 1.54) is 34.3 Å². The van der Waals surface area contributed by atoms with Crippen LogP contribution in [0.1, 0.15) is 29.2 Å². The van der Waals surface area contributed by atoms with Crippen molar-refractivity contribution >= 4 is 63.3 Å². The van der Waals surface area contributed by atoms with E-state index >= 15 is 0 Å². The summed E-state index contributed by atoms with van der Waals surface area (Å²) >= 11 is 3.96. The summed E-state index contributed by atoms with van der Waals surface area (Å²) in [5, 5.41) is 17.9. The van der Waals surface area contributed by atoms with E-state index in [0.29, 0.717) is 17.9 Å². The number of hydrogen-bond donors (Lipinski definition) is 2. The molecule has 2 aromatic rings. The average molecular weight is 536 g/mol. The smallest absolute Gasteiger partial charge is 0.278 e. The van der Waals surface area contributed by atoms with Crippen molar-refractivity contribution in [2.24, 2.45) is 5.16 Å². The predicted octanol–water partition coefficient (Wildman–Crippen LogP) is -1.20. The summed E-state index contributed by atoms with van der Waals surface area (Å²) in [6.45, 7) is 0.386. The third-order valence-corrected chi connectivity index (χ3v) is 8.96. The molecule has 0 radical (unpaired) electrons. The minimum atomic E-state index is -1.41. The van der Waals surface area contributed by atoms with E-state index in [1.54, 1.807) is 11.3 Å². The van der Waals surface area contributed by atoms with E-state index in [1.807, 2.05) is 5.51 Å². The molecule has 1 aliphatic carbocycles. The number of rotatable bonds is 7. The molecule has 15 heteroatoms. The van der Waals surface area contributed by atoms with Gasteiger partial charge in [-0.2, -0.15) is 13.9 Å². The van der Waals surface area contributed by atoms with Crippen molar-refractivity contribution in [3.8, 4) is 0 Å². The van der Waals surface area contributed by atoms with Gasteiger partial charge in [0.1, 0.15) is 18.5 Å². The first-order valence-corrected chi connectivity index (χ1v) is 13.5. The SMILES string of the molecule is CO/N=C(\C(=O)N[C@@H]1C(=O)N2C(C(=O)[O-])=C(C[n+]3csc4c3CCCC4)CS[C@H]12)c1nsc(N)n1. The number of oxime groups is 1. The molecule has 2 aromatic heterocycles. The third-order valence-electron chi connectivity index (χ3n) is 6.00. The second-order valence-corrected chi connectivity index (χ2v) is 10.9. The Morgan fingerprint density at radius 3 is 2.91 bits per heavy atom. The van der Waals surface area contributed by atoms with Crippen molar-refractivity contribution in [2.45, 2.75) is 43.6 Å². The number of hydrogen-bond acceptors (Lipinski definition) is 12. The van der Waals surface area contributed by atoms with Crippen LogP contribution in [-0.4, -0.2) is 62.0 Å². The van der Waals surface area contributed by atoms with Crippen LogP contribution in [0, 0.1) is 0 Å². The molecule has 1 fully saturated rings. The number of aryl methyl sites for hydroxylation is 1. The van der Waals surface area contributed by atoms with Gasteiger partial charge in [0.2, 0.25) is 17.0 Å². The summed E-state index contributed by atoms with van der Waals surface area (Å²) in [6.07, 6.45) is 4.27. The van der Waals surface area contributed by atoms with Crippen molar-refractivity contribution in [3.63, 3.8) is 0 Å². The normalized spacial score (nSPS) is 21.8. The molecule has 2 atom stereocenters. The lowest BCUT2D eigenvalue weighted by molar-refractivity contribution is -0.692. The number of thiazole rings is 1. The van der Waals surface area contributed by atoms with Gasteiger partial charge < -0.3 is 25.8 Å². The first-order valence-electron chi connectivity index (χ1n) is 10.8. The van der Waals surface area contributed by atoms with Gasteiger partial charge in [0.25, 0.3) is 11.8 Å². The van der Waals surface area contributed by atoms with Crippen molar-refractivity contribution in [1.29, 1.82) is 0 Å². The number of fused-ring (bicyclic) bond motifs is 2. The van der Waals surface area contributed by atoms with Crippen molar-refractivity contribution in [2.75, 3.05) is 18.6 Å². The van der Waals surface area contributed by atoms with Gasteiger partial charge in [-0.25, -0.2) is 0 Å². The third kappa shape index (κ3) is 4.27. The molecular formula is C20H21N7O5S3. The second-order valence-electron chi connectivity index (χ2n) is 8.11. The Balaban J connectivity index is 1.35. The maximum absolute atomic E-state index is 13.0. The number of nitrogen functional groups attached to an aromatic ring is 1. The Hall–Kier alpha value is -3.04. The number of nitrogens with zero attached hydrogens (tertiary/aromatic N) is 5. The lowest BCUT2D eigenvalue weighted by Gasteiger charge is -2.50. The zero-order valence-electron chi connectivity index (χ0n) is 18.6. The molecule has 0 saturated carbocycles. The summed E-state index contributed by atoms with van der Waals surface area (Å²) < 4.78 is 6.04. The summed E-state index contributed by atoms with van der Waals surface area (Å²) in [5.41, 5.74) is 9.11. The van der Waals surface area contributed by atoms with Gasteiger partial charge in [0, 0.05) is 29.3 Å². The van der Waals surface area contributed by atoms with Gasteiger partial charge in [-0.3, -0.25) is 14.5 Å². The predicted molar refractivity (Wildman–Crippen MR) is 126 cm³/mol. The Bertz CT molecular complexity index is 1270. The van der Waals surface area contributed by atoms with E-state index in [9.17, 15) is 19.5 Å². The van der Waals surface area contributed by atoms with E-state index in [-0.39, 0.29) is 22.4 Å². The van der Waals surface area contributed by atoms with Gasteiger partial charge in [0.05, 0.1) is 16.5 Å². The maximum atomic E-state index is 13.0. The molecule has 5 rings (SSSR count). The highest BCUT2D eigenvalue weighted by atomic mass is 32.2. The first kappa shape index (κ1) is 23.7. The minimum absolute atomic E-state index is 0.0273. The number of nitrogens with one attached hydrogen (secondary N) is 1. The first-order chi connectivity index (χ1) is 16.9. The molecule has 2 amide bonds. The van der Waals surface area contributed by atoms with Crippen LogP contribution in [0.4, 0.5) is 5.13 Å². The number of thioether (sulfide) groups is 1. The molecule has 0 unspecified atom stereocenters. The molecule has 0 spiro atoms. The lowest BCUT2D eigenvalue weighted by Crippen LogP contribution is -2.71. The van der Waals surface area contributed by atoms with Crippen LogP contribution in [0.15, 0.2) is 21.9 Å². The Kier molecular flexibility index (Phi) is 6.46. The topological polar surface area (TPSA) is 167 Å². The highest BCUT2D eigenvalue weighted by Gasteiger charge is 2.53. The molecule has 3 N–H and O–H groups in total. The number of β-lactam (4-membered cyclic amide) rings is 1. The summed E-state index contributed by atoms with van der Waals surface area (Å²) in [6, 6.07) is -0.942. The highest BCUT2D eigenvalue weighted by Crippen LogP contribution is 2.40. The van der Waals surface area contributed by atoms with Crippen LogP contribution < -0.4 is 20.7 Å². The van der Waals surface area contributed by atoms with E-state index < -0.39 is 29.2 Å². The number of carbonyl (C=O) groups is 3.